The fraction of sp³-hybridized carbons (Fsp3) is 0.300. The van der Waals surface area contributed by atoms with Gasteiger partial charge >= 0.3 is 0 Å². The van der Waals surface area contributed by atoms with E-state index in [0.717, 1.165) is 19.5 Å². The summed E-state index contributed by atoms with van der Waals surface area (Å²) in [6, 6.07) is 8.34. The number of nitrogens with one attached hydrogen (secondary N) is 1. The maximum atomic E-state index is 7.33. The zero-order valence-electron chi connectivity index (χ0n) is 7.46. The van der Waals surface area contributed by atoms with Crippen molar-refractivity contribution >= 4 is 5.96 Å². The molecule has 0 fully saturated rings. The van der Waals surface area contributed by atoms with Gasteiger partial charge in [0.1, 0.15) is 0 Å². The molecule has 3 nitrogen and oxygen atoms in total. The molecule has 0 saturated carbocycles. The van der Waals surface area contributed by atoms with Gasteiger partial charge in [0.05, 0.1) is 0 Å². The summed E-state index contributed by atoms with van der Waals surface area (Å²) < 4.78 is 0. The highest BCUT2D eigenvalue weighted by molar-refractivity contribution is 5.74. The molecule has 0 amide bonds. The van der Waals surface area contributed by atoms with Crippen LogP contribution >= 0.6 is 0 Å². The SMILES string of the molecule is N=[14C](N)N1CCc2ccccc2C1. The van der Waals surface area contributed by atoms with Gasteiger partial charge in [0.15, 0.2) is 5.96 Å². The summed E-state index contributed by atoms with van der Waals surface area (Å²) in [4.78, 5) is 1.89. The Morgan fingerprint density at radius 3 is 2.69 bits per heavy atom. The molecule has 0 spiro atoms. The highest BCUT2D eigenvalue weighted by Crippen LogP contribution is 2.17. The van der Waals surface area contributed by atoms with Crippen LogP contribution in [0.1, 0.15) is 11.1 Å². The molecule has 0 bridgehead atoms. The molecule has 3 heteroatoms. The summed E-state index contributed by atoms with van der Waals surface area (Å²) in [6.45, 7) is 1.65. The second kappa shape index (κ2) is 3.09. The van der Waals surface area contributed by atoms with E-state index in [1.807, 2.05) is 11.0 Å². The summed E-state index contributed by atoms with van der Waals surface area (Å²) in [6.07, 6.45) is 0.996. The van der Waals surface area contributed by atoms with Crippen molar-refractivity contribution in [3.63, 3.8) is 0 Å². The number of nitrogens with two attached hydrogens (primary N) is 1. The second-order valence-corrected chi connectivity index (χ2v) is 3.33. The first-order valence-electron chi connectivity index (χ1n) is 4.43. The summed E-state index contributed by atoms with van der Waals surface area (Å²) in [5.41, 5.74) is 8.12. The third-order valence-electron chi connectivity index (χ3n) is 2.47. The lowest BCUT2D eigenvalue weighted by atomic mass is 10.0. The van der Waals surface area contributed by atoms with Gasteiger partial charge in [0, 0.05) is 13.1 Å². The third-order valence-corrected chi connectivity index (χ3v) is 2.47. The van der Waals surface area contributed by atoms with Crippen molar-refractivity contribution in [1.29, 1.82) is 5.41 Å². The fourth-order valence-electron chi connectivity index (χ4n) is 1.70. The lowest BCUT2D eigenvalue weighted by molar-refractivity contribution is 0.387. The van der Waals surface area contributed by atoms with Gasteiger partial charge < -0.3 is 10.6 Å². The molecule has 0 aliphatic carbocycles. The van der Waals surface area contributed by atoms with E-state index >= 15 is 0 Å². The molecule has 0 saturated heterocycles. The molecular weight excluding hydrogens is 164 g/mol. The zero-order valence-corrected chi connectivity index (χ0v) is 7.46. The van der Waals surface area contributed by atoms with E-state index < -0.39 is 0 Å². The van der Waals surface area contributed by atoms with Gasteiger partial charge in [-0.25, -0.2) is 0 Å². The van der Waals surface area contributed by atoms with Crippen molar-refractivity contribution in [2.75, 3.05) is 6.54 Å². The lowest BCUT2D eigenvalue weighted by Crippen LogP contribution is -2.39. The number of guanidine groups is 1. The smallest absolute Gasteiger partial charge is 0.188 e. The average molecular weight is 177 g/mol. The number of hydrogen-bond donors (Lipinski definition) is 2. The fourth-order valence-corrected chi connectivity index (χ4v) is 1.70. The summed E-state index contributed by atoms with van der Waals surface area (Å²) in [5.74, 6) is 0.175. The molecule has 1 aromatic rings. The molecule has 2 rings (SSSR count). The van der Waals surface area contributed by atoms with Gasteiger partial charge in [-0.1, -0.05) is 24.3 Å². The van der Waals surface area contributed by atoms with Gasteiger partial charge in [-0.3, -0.25) is 5.41 Å². The van der Waals surface area contributed by atoms with Gasteiger partial charge in [-0.05, 0) is 17.5 Å². The number of nitrogens with zero attached hydrogens (tertiary/aromatic N) is 1. The van der Waals surface area contributed by atoms with E-state index in [0.29, 0.717) is 0 Å². The van der Waals surface area contributed by atoms with Crippen LogP contribution in [0.15, 0.2) is 24.3 Å². The third kappa shape index (κ3) is 1.49. The van der Waals surface area contributed by atoms with Crippen molar-refractivity contribution in [2.45, 2.75) is 13.0 Å². The van der Waals surface area contributed by atoms with Crippen LogP contribution in [0.3, 0.4) is 0 Å². The molecule has 0 unspecified atom stereocenters. The Hall–Kier alpha value is -1.51. The van der Waals surface area contributed by atoms with E-state index in [-0.39, 0.29) is 5.96 Å². The Balaban J connectivity index is 2.24. The normalized spacial score (nSPS) is 15.2. The summed E-state index contributed by atoms with van der Waals surface area (Å²) >= 11 is 0. The minimum Gasteiger partial charge on any atom is -0.370 e. The topological polar surface area (TPSA) is 53.1 Å². The molecule has 0 atom stereocenters. The molecule has 0 radical (unpaired) electrons. The van der Waals surface area contributed by atoms with E-state index in [9.17, 15) is 0 Å². The average Bonchev–Trinajstić information content (AvgIpc) is 2.17. The van der Waals surface area contributed by atoms with Gasteiger partial charge in [0.25, 0.3) is 0 Å². The molecule has 68 valence electrons. The van der Waals surface area contributed by atoms with Crippen molar-refractivity contribution < 1.29 is 0 Å². The van der Waals surface area contributed by atoms with Crippen molar-refractivity contribution in [1.82, 2.24) is 4.90 Å². The quantitative estimate of drug-likeness (QED) is 0.457. The number of fused-ring (bicyclic) bond motifs is 1. The predicted molar refractivity (Wildman–Crippen MR) is 52.5 cm³/mol. The molecular formula is C10H13N3. The standard InChI is InChI=1S/C10H13N3/c11-10(12)13-6-5-8-3-1-2-4-9(8)7-13/h1-4H,5-7H2,(H3,11,12)/i10+2. The van der Waals surface area contributed by atoms with Crippen LogP contribution in [0.5, 0.6) is 0 Å². The summed E-state index contributed by atoms with van der Waals surface area (Å²) in [7, 11) is 0. The molecule has 1 aliphatic heterocycles. The molecule has 13 heavy (non-hydrogen) atoms. The lowest BCUT2D eigenvalue weighted by Gasteiger charge is -2.28. The Kier molecular flexibility index (Phi) is 1.93. The van der Waals surface area contributed by atoms with Gasteiger partial charge in [0.2, 0.25) is 0 Å². The van der Waals surface area contributed by atoms with Crippen LogP contribution in [0.2, 0.25) is 0 Å². The van der Waals surface area contributed by atoms with Gasteiger partial charge in [-0.2, -0.15) is 0 Å². The largest absolute Gasteiger partial charge is 0.370 e. The Morgan fingerprint density at radius 1 is 1.31 bits per heavy atom. The van der Waals surface area contributed by atoms with Crippen molar-refractivity contribution in [2.24, 2.45) is 5.73 Å². The molecule has 0 aromatic heterocycles. The number of rotatable bonds is 0. The minimum absolute atomic E-state index is 0.175. The highest BCUT2D eigenvalue weighted by atomic mass is 15.7. The van der Waals surface area contributed by atoms with E-state index in [1.54, 1.807) is 0 Å². The maximum Gasteiger partial charge on any atom is 0.188 e. The molecule has 3 N–H and O–H groups in total. The first kappa shape index (κ1) is 8.10. The van der Waals surface area contributed by atoms with Crippen molar-refractivity contribution in [3.8, 4) is 0 Å². The van der Waals surface area contributed by atoms with E-state index in [2.05, 4.69) is 18.2 Å². The van der Waals surface area contributed by atoms with E-state index in [1.165, 1.54) is 11.1 Å². The zero-order chi connectivity index (χ0) is 9.26. The Labute approximate surface area is 77.7 Å². The molecule has 1 aliphatic rings. The summed E-state index contributed by atoms with van der Waals surface area (Å²) in [5, 5.41) is 7.33. The van der Waals surface area contributed by atoms with Gasteiger partial charge in [-0.15, -0.1) is 0 Å². The predicted octanol–water partition coefficient (Wildman–Crippen LogP) is 0.938. The Bertz CT molecular complexity index is 333. The van der Waals surface area contributed by atoms with Crippen LogP contribution in [-0.4, -0.2) is 17.4 Å². The highest BCUT2D eigenvalue weighted by Gasteiger charge is 2.15. The number of benzene rings is 1. The molecule has 1 aromatic carbocycles. The van der Waals surface area contributed by atoms with Crippen LogP contribution in [0, 0.1) is 5.41 Å². The van der Waals surface area contributed by atoms with Crippen LogP contribution in [0.4, 0.5) is 0 Å². The second-order valence-electron chi connectivity index (χ2n) is 3.33. The first-order chi connectivity index (χ1) is 6.27. The Morgan fingerprint density at radius 2 is 2.00 bits per heavy atom. The minimum atomic E-state index is 0.175. The van der Waals surface area contributed by atoms with Crippen LogP contribution in [-0.2, 0) is 13.0 Å². The van der Waals surface area contributed by atoms with Crippen molar-refractivity contribution in [3.05, 3.63) is 35.4 Å². The van der Waals surface area contributed by atoms with Crippen LogP contribution in [0.25, 0.3) is 0 Å². The first-order valence-corrected chi connectivity index (χ1v) is 4.43. The monoisotopic (exact) mass is 177 g/mol. The molecule has 1 heterocycles. The number of hydrogen-bond acceptors (Lipinski definition) is 1. The maximum absolute atomic E-state index is 7.33. The van der Waals surface area contributed by atoms with E-state index in [4.69, 9.17) is 11.1 Å². The van der Waals surface area contributed by atoms with Crippen LogP contribution < -0.4 is 5.73 Å².